The SMILES string of the molecule is CCn1cc(Cl)c(-c2nnc(-c3ccncc3)o2)n1. The zero-order valence-electron chi connectivity index (χ0n) is 10.1. The lowest BCUT2D eigenvalue weighted by atomic mass is 10.3. The number of hydrogen-bond acceptors (Lipinski definition) is 5. The van der Waals surface area contributed by atoms with Gasteiger partial charge in [0.1, 0.15) is 0 Å². The fourth-order valence-electron chi connectivity index (χ4n) is 1.63. The molecule has 96 valence electrons. The van der Waals surface area contributed by atoms with Crippen LogP contribution < -0.4 is 0 Å². The van der Waals surface area contributed by atoms with Crippen LogP contribution in [0.2, 0.25) is 5.02 Å². The van der Waals surface area contributed by atoms with Crippen LogP contribution in [-0.2, 0) is 6.54 Å². The van der Waals surface area contributed by atoms with Gasteiger partial charge < -0.3 is 4.42 Å². The van der Waals surface area contributed by atoms with Crippen LogP contribution in [0.5, 0.6) is 0 Å². The molecule has 0 aliphatic heterocycles. The van der Waals surface area contributed by atoms with Crippen molar-refractivity contribution in [2.75, 3.05) is 0 Å². The minimum Gasteiger partial charge on any atom is -0.414 e. The van der Waals surface area contributed by atoms with Gasteiger partial charge in [-0.3, -0.25) is 9.67 Å². The number of aryl methyl sites for hydroxylation is 1. The first kappa shape index (κ1) is 11.9. The van der Waals surface area contributed by atoms with Gasteiger partial charge in [0.25, 0.3) is 5.89 Å². The maximum Gasteiger partial charge on any atom is 0.270 e. The summed E-state index contributed by atoms with van der Waals surface area (Å²) in [6, 6.07) is 3.59. The first-order chi connectivity index (χ1) is 9.28. The monoisotopic (exact) mass is 275 g/mol. The Morgan fingerprint density at radius 1 is 1.21 bits per heavy atom. The molecule has 0 radical (unpaired) electrons. The molecule has 19 heavy (non-hydrogen) atoms. The van der Waals surface area contributed by atoms with E-state index in [0.29, 0.717) is 22.5 Å². The van der Waals surface area contributed by atoms with Crippen molar-refractivity contribution in [1.29, 1.82) is 0 Å². The van der Waals surface area contributed by atoms with Crippen LogP contribution in [0.3, 0.4) is 0 Å². The summed E-state index contributed by atoms with van der Waals surface area (Å²) in [6.45, 7) is 2.70. The molecule has 0 atom stereocenters. The standard InChI is InChI=1S/C12H10ClN5O/c1-2-18-7-9(13)10(17-18)12-16-15-11(19-12)8-3-5-14-6-4-8/h3-7H,2H2,1H3. The van der Waals surface area contributed by atoms with Gasteiger partial charge in [0, 0.05) is 30.7 Å². The second-order valence-corrected chi connectivity index (χ2v) is 4.24. The first-order valence-corrected chi connectivity index (χ1v) is 6.13. The van der Waals surface area contributed by atoms with E-state index in [1.165, 1.54) is 0 Å². The molecule has 0 spiro atoms. The van der Waals surface area contributed by atoms with Crippen molar-refractivity contribution in [3.8, 4) is 23.0 Å². The average molecular weight is 276 g/mol. The summed E-state index contributed by atoms with van der Waals surface area (Å²) in [5.41, 5.74) is 1.30. The van der Waals surface area contributed by atoms with Crippen molar-refractivity contribution in [2.45, 2.75) is 13.5 Å². The summed E-state index contributed by atoms with van der Waals surface area (Å²) in [6.07, 6.45) is 5.06. The van der Waals surface area contributed by atoms with Gasteiger partial charge in [-0.2, -0.15) is 5.10 Å². The number of rotatable bonds is 3. The molecule has 3 rings (SSSR count). The lowest BCUT2D eigenvalue weighted by Crippen LogP contribution is -1.93. The van der Waals surface area contributed by atoms with Crippen molar-refractivity contribution in [2.24, 2.45) is 0 Å². The van der Waals surface area contributed by atoms with E-state index in [1.807, 2.05) is 6.92 Å². The van der Waals surface area contributed by atoms with Crippen LogP contribution in [0.4, 0.5) is 0 Å². The molecule has 0 unspecified atom stereocenters. The van der Waals surface area contributed by atoms with Gasteiger partial charge in [-0.25, -0.2) is 0 Å². The van der Waals surface area contributed by atoms with Crippen molar-refractivity contribution in [1.82, 2.24) is 25.0 Å². The van der Waals surface area contributed by atoms with Crippen molar-refractivity contribution < 1.29 is 4.42 Å². The Labute approximate surface area is 114 Å². The Morgan fingerprint density at radius 3 is 2.63 bits per heavy atom. The lowest BCUT2D eigenvalue weighted by molar-refractivity contribution is 0.577. The molecule has 3 heterocycles. The molecule has 0 saturated carbocycles. The summed E-state index contributed by atoms with van der Waals surface area (Å²) in [5, 5.41) is 12.7. The van der Waals surface area contributed by atoms with Crippen LogP contribution in [0, 0.1) is 0 Å². The van der Waals surface area contributed by atoms with E-state index < -0.39 is 0 Å². The molecule has 3 aromatic rings. The van der Waals surface area contributed by atoms with Gasteiger partial charge in [-0.15, -0.1) is 10.2 Å². The Kier molecular flexibility index (Phi) is 3.00. The zero-order valence-corrected chi connectivity index (χ0v) is 10.9. The molecule has 6 nitrogen and oxygen atoms in total. The molecule has 0 aliphatic carbocycles. The van der Waals surface area contributed by atoms with Crippen molar-refractivity contribution in [3.63, 3.8) is 0 Å². The van der Waals surface area contributed by atoms with Gasteiger partial charge in [0.05, 0.1) is 5.02 Å². The molecule has 0 fully saturated rings. The number of aromatic nitrogens is 5. The molecular formula is C12H10ClN5O. The van der Waals surface area contributed by atoms with Gasteiger partial charge in [0.2, 0.25) is 5.89 Å². The van der Waals surface area contributed by atoms with E-state index in [-0.39, 0.29) is 0 Å². The largest absolute Gasteiger partial charge is 0.414 e. The second-order valence-electron chi connectivity index (χ2n) is 3.83. The second kappa shape index (κ2) is 4.81. The maximum absolute atomic E-state index is 6.09. The highest BCUT2D eigenvalue weighted by molar-refractivity contribution is 6.32. The van der Waals surface area contributed by atoms with Crippen molar-refractivity contribution in [3.05, 3.63) is 35.7 Å². The van der Waals surface area contributed by atoms with Crippen LogP contribution in [-0.4, -0.2) is 25.0 Å². The van der Waals surface area contributed by atoms with Gasteiger partial charge in [0.15, 0.2) is 5.69 Å². The maximum atomic E-state index is 6.09. The molecule has 0 bridgehead atoms. The Morgan fingerprint density at radius 2 is 1.95 bits per heavy atom. The average Bonchev–Trinajstić information content (AvgIpc) is 3.06. The van der Waals surface area contributed by atoms with Crippen LogP contribution in [0.25, 0.3) is 23.0 Å². The molecule has 3 aromatic heterocycles. The fraction of sp³-hybridized carbons (Fsp3) is 0.167. The van der Waals surface area contributed by atoms with Crippen molar-refractivity contribution >= 4 is 11.6 Å². The summed E-state index contributed by atoms with van der Waals surface area (Å²) < 4.78 is 7.30. The van der Waals surface area contributed by atoms with E-state index in [1.54, 1.807) is 35.4 Å². The van der Waals surface area contributed by atoms with E-state index in [9.17, 15) is 0 Å². The third-order valence-corrected chi connectivity index (χ3v) is 2.87. The van der Waals surface area contributed by atoms with Crippen LogP contribution >= 0.6 is 11.6 Å². The van der Waals surface area contributed by atoms with Crippen LogP contribution in [0.1, 0.15) is 6.92 Å². The smallest absolute Gasteiger partial charge is 0.270 e. The molecule has 0 N–H and O–H groups in total. The van der Waals surface area contributed by atoms with E-state index in [0.717, 1.165) is 12.1 Å². The summed E-state index contributed by atoms with van der Waals surface area (Å²) >= 11 is 6.09. The highest BCUT2D eigenvalue weighted by Gasteiger charge is 2.16. The highest BCUT2D eigenvalue weighted by Crippen LogP contribution is 2.27. The molecule has 0 amide bonds. The van der Waals surface area contributed by atoms with Crippen LogP contribution in [0.15, 0.2) is 35.1 Å². The lowest BCUT2D eigenvalue weighted by Gasteiger charge is -1.92. The number of nitrogens with zero attached hydrogens (tertiary/aromatic N) is 5. The number of hydrogen-bond donors (Lipinski definition) is 0. The third kappa shape index (κ3) is 2.22. The fourth-order valence-corrected chi connectivity index (χ4v) is 1.87. The van der Waals surface area contributed by atoms with Gasteiger partial charge >= 0.3 is 0 Å². The number of halogens is 1. The molecule has 0 saturated heterocycles. The first-order valence-electron chi connectivity index (χ1n) is 5.75. The molecule has 0 aliphatic rings. The topological polar surface area (TPSA) is 69.6 Å². The Balaban J connectivity index is 1.99. The summed E-state index contributed by atoms with van der Waals surface area (Å²) in [5.74, 6) is 0.725. The minimum absolute atomic E-state index is 0.309. The predicted octanol–water partition coefficient (Wildman–Crippen LogP) is 2.67. The van der Waals surface area contributed by atoms with E-state index in [2.05, 4.69) is 20.3 Å². The summed E-state index contributed by atoms with van der Waals surface area (Å²) in [4.78, 5) is 3.94. The third-order valence-electron chi connectivity index (χ3n) is 2.60. The normalized spacial score (nSPS) is 10.8. The van der Waals surface area contributed by atoms with Gasteiger partial charge in [-0.1, -0.05) is 11.6 Å². The number of pyridine rings is 1. The molecule has 7 heteroatoms. The Hall–Kier alpha value is -2.21. The van der Waals surface area contributed by atoms with E-state index >= 15 is 0 Å². The zero-order chi connectivity index (χ0) is 13.2. The van der Waals surface area contributed by atoms with E-state index in [4.69, 9.17) is 16.0 Å². The Bertz CT molecular complexity index is 691. The predicted molar refractivity (Wildman–Crippen MR) is 69.4 cm³/mol. The highest BCUT2D eigenvalue weighted by atomic mass is 35.5. The molecular weight excluding hydrogens is 266 g/mol. The summed E-state index contributed by atoms with van der Waals surface area (Å²) in [7, 11) is 0. The molecule has 0 aromatic carbocycles. The van der Waals surface area contributed by atoms with Gasteiger partial charge in [-0.05, 0) is 19.1 Å². The quantitative estimate of drug-likeness (QED) is 0.735. The minimum atomic E-state index is 0.309.